The number of aliphatic hydroxyl groups is 1. The molecule has 8 nitrogen and oxygen atoms in total. The minimum atomic E-state index is -0.671. The fourth-order valence-electron chi connectivity index (χ4n) is 5.39. The smallest absolute Gasteiger partial charge is 0.290 e. The largest absolute Gasteiger partial charge is 0.459 e. The number of benzene rings is 4. The van der Waals surface area contributed by atoms with Crippen LogP contribution in [0.25, 0.3) is 0 Å². The minimum absolute atomic E-state index is 0.0325. The summed E-state index contributed by atoms with van der Waals surface area (Å²) in [4.78, 5) is 40.7. The zero-order valence-electron chi connectivity index (χ0n) is 23.8. The van der Waals surface area contributed by atoms with Crippen LogP contribution in [0.2, 0.25) is 5.02 Å². The van der Waals surface area contributed by atoms with Crippen molar-refractivity contribution >= 4 is 40.7 Å². The highest BCUT2D eigenvalue weighted by atomic mass is 35.5. The van der Waals surface area contributed by atoms with Crippen LogP contribution in [0.15, 0.2) is 103 Å². The predicted octanol–water partition coefficient (Wildman–Crippen LogP) is 6.51. The number of allylic oxidation sites excluding steroid dienone is 1. The molecule has 44 heavy (non-hydrogen) atoms. The van der Waals surface area contributed by atoms with Crippen LogP contribution in [-0.2, 0) is 27.5 Å². The molecule has 0 saturated heterocycles. The highest BCUT2D eigenvalue weighted by Gasteiger charge is 2.37. The van der Waals surface area contributed by atoms with Gasteiger partial charge in [-0.05, 0) is 71.7 Å². The molecule has 2 aliphatic rings. The highest BCUT2D eigenvalue weighted by molar-refractivity contribution is 6.37. The topological polar surface area (TPSA) is 105 Å². The van der Waals surface area contributed by atoms with Crippen molar-refractivity contribution in [2.75, 3.05) is 10.2 Å². The van der Waals surface area contributed by atoms with Crippen molar-refractivity contribution in [1.82, 2.24) is 0 Å². The normalized spacial score (nSPS) is 17.6. The Morgan fingerprint density at radius 2 is 1.68 bits per heavy atom. The van der Waals surface area contributed by atoms with Gasteiger partial charge in [-0.15, -0.1) is 0 Å². The van der Waals surface area contributed by atoms with Gasteiger partial charge in [0.2, 0.25) is 6.29 Å². The summed E-state index contributed by atoms with van der Waals surface area (Å²) in [5.41, 5.74) is 4.83. The summed E-state index contributed by atoms with van der Waals surface area (Å²) in [6.45, 7) is 2.01. The molecule has 0 aliphatic carbocycles. The number of hydrogen-bond acceptors (Lipinski definition) is 6. The van der Waals surface area contributed by atoms with Crippen LogP contribution in [-0.4, -0.2) is 29.1 Å². The number of halogens is 1. The second kappa shape index (κ2) is 12.5. The van der Waals surface area contributed by atoms with Crippen LogP contribution in [0.4, 0.5) is 11.4 Å². The van der Waals surface area contributed by atoms with Gasteiger partial charge in [0.15, 0.2) is 5.76 Å². The molecule has 222 valence electrons. The van der Waals surface area contributed by atoms with Crippen molar-refractivity contribution in [2.24, 2.45) is 0 Å². The second-order valence-corrected chi connectivity index (χ2v) is 11.1. The molecule has 0 aromatic heterocycles. The Balaban J connectivity index is 1.18. The number of carbonyl (C=O) groups is 3. The maximum atomic E-state index is 13.5. The molecule has 2 atom stereocenters. The predicted molar refractivity (Wildman–Crippen MR) is 166 cm³/mol. The molecule has 0 spiro atoms. The number of aryl methyl sites for hydroxylation is 1. The average molecular weight is 609 g/mol. The Kier molecular flexibility index (Phi) is 8.30. The third-order valence-electron chi connectivity index (χ3n) is 7.69. The lowest BCUT2D eigenvalue weighted by atomic mass is 9.93. The van der Waals surface area contributed by atoms with Crippen LogP contribution in [0.1, 0.15) is 55.3 Å². The number of nitrogens with zero attached hydrogens (tertiary/aromatic N) is 1. The lowest BCUT2D eigenvalue weighted by Crippen LogP contribution is -2.30. The first kappa shape index (κ1) is 29.3. The number of rotatable bonds is 8. The third-order valence-corrected chi connectivity index (χ3v) is 7.93. The molecule has 4 aromatic rings. The third kappa shape index (κ3) is 6.01. The van der Waals surface area contributed by atoms with E-state index in [1.54, 1.807) is 43.3 Å². The summed E-state index contributed by atoms with van der Waals surface area (Å²) >= 11 is 6.05. The number of ether oxygens (including phenoxy) is 2. The lowest BCUT2D eigenvalue weighted by molar-refractivity contribution is -0.147. The van der Waals surface area contributed by atoms with Crippen LogP contribution in [0, 0.1) is 6.92 Å². The quantitative estimate of drug-likeness (QED) is 0.221. The van der Waals surface area contributed by atoms with Gasteiger partial charge in [-0.1, -0.05) is 66.2 Å². The van der Waals surface area contributed by atoms with Crippen LogP contribution >= 0.6 is 11.6 Å². The lowest BCUT2D eigenvalue weighted by Gasteiger charge is -2.29. The molecular formula is C35H29ClN2O6. The number of imide groups is 1. The Morgan fingerprint density at radius 1 is 0.955 bits per heavy atom. The van der Waals surface area contributed by atoms with Crippen molar-refractivity contribution in [3.05, 3.63) is 141 Å². The van der Waals surface area contributed by atoms with Gasteiger partial charge in [0.25, 0.3) is 17.7 Å². The number of amides is 3. The fourth-order valence-corrected chi connectivity index (χ4v) is 5.56. The van der Waals surface area contributed by atoms with E-state index in [2.05, 4.69) is 5.32 Å². The average Bonchev–Trinajstić information content (AvgIpc) is 3.28. The summed E-state index contributed by atoms with van der Waals surface area (Å²) < 4.78 is 12.1. The van der Waals surface area contributed by atoms with Gasteiger partial charge >= 0.3 is 0 Å². The van der Waals surface area contributed by atoms with E-state index >= 15 is 0 Å². The molecule has 0 saturated carbocycles. The maximum Gasteiger partial charge on any atom is 0.290 e. The van der Waals surface area contributed by atoms with Crippen molar-refractivity contribution in [3.8, 4) is 0 Å². The van der Waals surface area contributed by atoms with Gasteiger partial charge < -0.3 is 19.9 Å². The number of fused-ring (bicyclic) bond motifs is 1. The number of aliphatic hydroxyl groups excluding tert-OH is 1. The molecular weight excluding hydrogens is 580 g/mol. The number of carbonyl (C=O) groups excluding carboxylic acids is 3. The van der Waals surface area contributed by atoms with Crippen molar-refractivity contribution in [3.63, 3.8) is 0 Å². The van der Waals surface area contributed by atoms with Crippen LogP contribution < -0.4 is 10.2 Å². The van der Waals surface area contributed by atoms with E-state index in [1.807, 2.05) is 54.6 Å². The molecule has 0 fully saturated rings. The van der Waals surface area contributed by atoms with E-state index in [4.69, 9.17) is 21.1 Å². The van der Waals surface area contributed by atoms with E-state index in [0.29, 0.717) is 33.9 Å². The minimum Gasteiger partial charge on any atom is -0.459 e. The van der Waals surface area contributed by atoms with Crippen LogP contribution in [0.3, 0.4) is 0 Å². The number of anilines is 2. The monoisotopic (exact) mass is 608 g/mol. The van der Waals surface area contributed by atoms with Gasteiger partial charge in [-0.3, -0.25) is 14.4 Å². The van der Waals surface area contributed by atoms with E-state index < -0.39 is 24.0 Å². The van der Waals surface area contributed by atoms with Gasteiger partial charge in [-0.2, -0.15) is 0 Å². The Bertz CT molecular complexity index is 1770. The molecule has 9 heteroatoms. The maximum absolute atomic E-state index is 13.5. The fraction of sp³-hybridized carbons (Fsp3) is 0.171. The van der Waals surface area contributed by atoms with Crippen molar-refractivity contribution in [2.45, 2.75) is 38.8 Å². The summed E-state index contributed by atoms with van der Waals surface area (Å²) in [5, 5.41) is 12.6. The van der Waals surface area contributed by atoms with Gasteiger partial charge in [0.05, 0.1) is 30.0 Å². The Labute approximate surface area is 259 Å². The Morgan fingerprint density at radius 3 is 2.41 bits per heavy atom. The first-order valence-corrected chi connectivity index (χ1v) is 14.5. The molecule has 4 aromatic carbocycles. The standard InChI is InChI=1S/C35H29ClN2O6/c1-21-15-27(12-14-30(21)38-34(41)28-13-11-26(36)18-29(28)35(38)42)37-33(40)31-16-25(24-5-3-2-4-6-24)17-32(44-31)43-20-23-9-7-22(19-39)8-10-23/h2-16,18,25,32,39H,17,19-20H2,1H3,(H,37,40). The van der Waals surface area contributed by atoms with Gasteiger partial charge in [0.1, 0.15) is 0 Å². The summed E-state index contributed by atoms with van der Waals surface area (Å²) in [5.74, 6) is -1.31. The summed E-state index contributed by atoms with van der Waals surface area (Å²) in [7, 11) is 0. The zero-order valence-corrected chi connectivity index (χ0v) is 24.6. The van der Waals surface area contributed by atoms with Gasteiger partial charge in [0, 0.05) is 23.0 Å². The molecule has 2 N–H and O–H groups in total. The van der Waals surface area contributed by atoms with E-state index in [0.717, 1.165) is 21.6 Å². The number of hydrogen-bond donors (Lipinski definition) is 2. The molecule has 6 rings (SSSR count). The van der Waals surface area contributed by atoms with E-state index in [9.17, 15) is 19.5 Å². The molecule has 2 unspecified atom stereocenters. The van der Waals surface area contributed by atoms with Crippen molar-refractivity contribution in [1.29, 1.82) is 0 Å². The first-order valence-electron chi connectivity index (χ1n) is 14.1. The van der Waals surface area contributed by atoms with E-state index in [-0.39, 0.29) is 30.5 Å². The van der Waals surface area contributed by atoms with Gasteiger partial charge in [-0.25, -0.2) is 4.90 Å². The molecule has 2 heterocycles. The SMILES string of the molecule is Cc1cc(NC(=O)C2=CC(c3ccccc3)CC(OCc3ccc(CO)cc3)O2)ccc1N1C(=O)c2ccc(Cl)cc2C1=O. The van der Waals surface area contributed by atoms with E-state index in [1.165, 1.54) is 6.07 Å². The number of nitrogens with one attached hydrogen (secondary N) is 1. The van der Waals surface area contributed by atoms with Crippen molar-refractivity contribution < 1.29 is 29.0 Å². The zero-order chi connectivity index (χ0) is 30.8. The Hall–Kier alpha value is -4.76. The second-order valence-electron chi connectivity index (χ2n) is 10.7. The molecule has 3 amide bonds. The highest BCUT2D eigenvalue weighted by Crippen LogP contribution is 2.35. The van der Waals surface area contributed by atoms with Crippen LogP contribution in [0.5, 0.6) is 0 Å². The molecule has 0 radical (unpaired) electrons. The first-order chi connectivity index (χ1) is 21.3. The summed E-state index contributed by atoms with van der Waals surface area (Å²) in [6.07, 6.45) is 1.65. The molecule has 2 aliphatic heterocycles. The summed E-state index contributed by atoms with van der Waals surface area (Å²) in [6, 6.07) is 26.9. The molecule has 0 bridgehead atoms.